The lowest BCUT2D eigenvalue weighted by Crippen LogP contribution is -2.44. The molecule has 0 saturated carbocycles. The van der Waals surface area contributed by atoms with Crippen molar-refractivity contribution in [3.63, 3.8) is 0 Å². The second kappa shape index (κ2) is 14.0. The highest BCUT2D eigenvalue weighted by atomic mass is 19.1. The zero-order valence-corrected chi connectivity index (χ0v) is 23.3. The van der Waals surface area contributed by atoms with E-state index in [1.165, 1.54) is 12.1 Å². The number of anilines is 1. The van der Waals surface area contributed by atoms with Gasteiger partial charge in [-0.1, -0.05) is 26.0 Å². The molecule has 2 aromatic carbocycles. The number of rotatable bonds is 9. The number of halogens is 2. The van der Waals surface area contributed by atoms with Crippen molar-refractivity contribution < 1.29 is 23.4 Å². The highest BCUT2D eigenvalue weighted by Gasteiger charge is 2.27. The van der Waals surface area contributed by atoms with Gasteiger partial charge in [-0.05, 0) is 87.8 Å². The van der Waals surface area contributed by atoms with Gasteiger partial charge in [-0.15, -0.1) is 5.10 Å². The topological polar surface area (TPSA) is 83.7 Å². The van der Waals surface area contributed by atoms with Gasteiger partial charge in [0.05, 0.1) is 6.61 Å². The van der Waals surface area contributed by atoms with Crippen LogP contribution in [-0.4, -0.2) is 69.7 Å². The number of hydrogen-bond acceptors (Lipinski definition) is 6. The van der Waals surface area contributed by atoms with Gasteiger partial charge in [-0.2, -0.15) is 4.98 Å². The first kappa shape index (κ1) is 30.0. The van der Waals surface area contributed by atoms with Gasteiger partial charge in [-0.25, -0.2) is 18.3 Å². The van der Waals surface area contributed by atoms with Crippen LogP contribution in [-0.2, 0) is 18.4 Å². The molecule has 212 valence electrons. The van der Waals surface area contributed by atoms with E-state index in [1.54, 1.807) is 0 Å². The molecule has 1 aromatic heterocycles. The summed E-state index contributed by atoms with van der Waals surface area (Å²) in [6.45, 7) is 8.71. The van der Waals surface area contributed by atoms with Crippen LogP contribution < -0.4 is 9.64 Å². The third-order valence-corrected chi connectivity index (χ3v) is 6.43. The molecule has 8 nitrogen and oxygen atoms in total. The summed E-state index contributed by atoms with van der Waals surface area (Å²) in [5, 5.41) is 12.3. The molecule has 1 fully saturated rings. The molecule has 1 N–H and O–H groups in total. The third-order valence-electron chi connectivity index (χ3n) is 6.43. The maximum Gasteiger partial charge on any atom is 0.337 e. The molecule has 0 bridgehead atoms. The molecule has 1 saturated heterocycles. The van der Waals surface area contributed by atoms with Crippen molar-refractivity contribution in [3.05, 3.63) is 59.9 Å². The molecule has 1 atom stereocenters. The van der Waals surface area contributed by atoms with E-state index in [4.69, 9.17) is 19.9 Å². The molecule has 10 heteroatoms. The van der Waals surface area contributed by atoms with Gasteiger partial charge in [0, 0.05) is 25.2 Å². The minimum absolute atomic E-state index is 0.216. The Balaban J connectivity index is 0.000000631. The van der Waals surface area contributed by atoms with Gasteiger partial charge in [0.2, 0.25) is 5.95 Å². The summed E-state index contributed by atoms with van der Waals surface area (Å²) in [6.07, 6.45) is 0.383. The van der Waals surface area contributed by atoms with Gasteiger partial charge in [0.25, 0.3) is 0 Å². The normalized spacial score (nSPS) is 15.0. The number of carboxylic acids is 1. The fourth-order valence-electron chi connectivity index (χ4n) is 4.17. The quantitative estimate of drug-likeness (QED) is 0.398. The fourth-order valence-corrected chi connectivity index (χ4v) is 4.17. The van der Waals surface area contributed by atoms with Crippen LogP contribution in [0.3, 0.4) is 0 Å². The Labute approximate surface area is 229 Å². The van der Waals surface area contributed by atoms with Crippen LogP contribution >= 0.6 is 0 Å². The number of piperidine rings is 1. The van der Waals surface area contributed by atoms with Crippen molar-refractivity contribution in [2.75, 3.05) is 31.6 Å². The molecular formula is C29H39F2N5O3. The first-order valence-electron chi connectivity index (χ1n) is 13.2. The summed E-state index contributed by atoms with van der Waals surface area (Å²) in [5.74, 6) is 1.24. The van der Waals surface area contributed by atoms with Crippen LogP contribution in [0.2, 0.25) is 0 Å². The van der Waals surface area contributed by atoms with Gasteiger partial charge in [0.1, 0.15) is 11.6 Å². The largest absolute Gasteiger partial charge is 0.493 e. The molecule has 2 heterocycles. The van der Waals surface area contributed by atoms with Crippen LogP contribution in [0.25, 0.3) is 11.4 Å². The number of aromatic nitrogens is 3. The summed E-state index contributed by atoms with van der Waals surface area (Å²) in [6, 6.07) is 15.1. The summed E-state index contributed by atoms with van der Waals surface area (Å²) < 4.78 is 32.4. The summed E-state index contributed by atoms with van der Waals surface area (Å²) in [5.41, 5.74) is 2.02. The molecule has 3 aromatic rings. The summed E-state index contributed by atoms with van der Waals surface area (Å²) in [4.78, 5) is 19.0. The zero-order valence-electron chi connectivity index (χ0n) is 23.3. The average Bonchev–Trinajstić information content (AvgIpc) is 3.29. The Bertz CT molecular complexity index is 1170. The molecule has 0 aliphatic carbocycles. The number of aliphatic carboxylic acids is 1. The predicted octanol–water partition coefficient (Wildman–Crippen LogP) is 5.19. The predicted molar refractivity (Wildman–Crippen MR) is 148 cm³/mol. The zero-order chi connectivity index (χ0) is 28.5. The van der Waals surface area contributed by atoms with E-state index in [0.717, 1.165) is 55.7 Å². The lowest BCUT2D eigenvalue weighted by Gasteiger charge is -2.37. The molecule has 4 rings (SSSR count). The van der Waals surface area contributed by atoms with E-state index in [-0.39, 0.29) is 5.82 Å². The minimum atomic E-state index is -1.73. The number of nitrogens with zero attached hydrogens (tertiary/aromatic N) is 5. The molecular weight excluding hydrogens is 504 g/mol. The van der Waals surface area contributed by atoms with Crippen LogP contribution in [0, 0.1) is 11.7 Å². The molecule has 1 aliphatic heterocycles. The maximum absolute atomic E-state index is 13.5. The second-order valence-corrected chi connectivity index (χ2v) is 10.3. The Morgan fingerprint density at radius 1 is 1.08 bits per heavy atom. The molecule has 1 unspecified atom stereocenters. The van der Waals surface area contributed by atoms with Crippen LogP contribution in [0.5, 0.6) is 5.75 Å². The van der Waals surface area contributed by atoms with E-state index >= 15 is 0 Å². The first-order valence-corrected chi connectivity index (χ1v) is 13.2. The van der Waals surface area contributed by atoms with E-state index in [1.807, 2.05) is 48.1 Å². The minimum Gasteiger partial charge on any atom is -0.493 e. The SMILES string of the molecule is CC(C)COc1ccc(-c2nc(N(Cc3ccc(F)cc3)C3CCN(C)CC3)n(C)n2)cc1.CC(F)C(=O)O. The number of carbonyl (C=O) groups is 1. The van der Waals surface area contributed by atoms with Crippen molar-refractivity contribution in [1.82, 2.24) is 19.7 Å². The standard InChI is InChI=1S/C26H34FN5O.C3H5FO2/c1-19(2)18-33-24-11-7-21(8-12-24)25-28-26(31(4)29-25)32(23-13-15-30(3)16-14-23)17-20-5-9-22(27)10-6-20;1-2(4)3(5)6/h5-12,19,23H,13-18H2,1-4H3;2H,1H3,(H,5,6). The van der Waals surface area contributed by atoms with Crippen LogP contribution in [0.1, 0.15) is 39.2 Å². The first-order chi connectivity index (χ1) is 18.5. The number of hydrogen-bond donors (Lipinski definition) is 1. The lowest BCUT2D eigenvalue weighted by molar-refractivity contribution is -0.142. The molecule has 1 aliphatic rings. The Hall–Kier alpha value is -3.53. The Morgan fingerprint density at radius 2 is 1.67 bits per heavy atom. The summed E-state index contributed by atoms with van der Waals surface area (Å²) >= 11 is 0. The van der Waals surface area contributed by atoms with Crippen molar-refractivity contribution in [3.8, 4) is 17.1 Å². The fraction of sp³-hybridized carbons (Fsp3) is 0.483. The van der Waals surface area contributed by atoms with E-state index in [2.05, 4.69) is 30.7 Å². The van der Waals surface area contributed by atoms with Gasteiger partial charge >= 0.3 is 5.97 Å². The van der Waals surface area contributed by atoms with E-state index < -0.39 is 12.1 Å². The number of benzene rings is 2. The van der Waals surface area contributed by atoms with E-state index in [9.17, 15) is 13.6 Å². The lowest BCUT2D eigenvalue weighted by atomic mass is 10.0. The van der Waals surface area contributed by atoms with Crippen molar-refractivity contribution in [2.24, 2.45) is 13.0 Å². The average molecular weight is 544 g/mol. The second-order valence-electron chi connectivity index (χ2n) is 10.3. The molecule has 0 radical (unpaired) electrons. The highest BCUT2D eigenvalue weighted by molar-refractivity contribution is 5.71. The number of ether oxygens (including phenoxy) is 1. The van der Waals surface area contributed by atoms with Gasteiger partial charge in [-0.3, -0.25) is 0 Å². The molecule has 0 amide bonds. The number of aryl methyl sites for hydroxylation is 1. The molecule has 0 spiro atoms. The number of carboxylic acid groups (broad SMARTS) is 1. The monoisotopic (exact) mass is 543 g/mol. The molecule has 39 heavy (non-hydrogen) atoms. The smallest absolute Gasteiger partial charge is 0.337 e. The highest BCUT2D eigenvalue weighted by Crippen LogP contribution is 2.27. The Morgan fingerprint density at radius 3 is 2.21 bits per heavy atom. The van der Waals surface area contributed by atoms with Crippen molar-refractivity contribution in [1.29, 1.82) is 0 Å². The van der Waals surface area contributed by atoms with E-state index in [0.29, 0.717) is 30.9 Å². The van der Waals surface area contributed by atoms with Crippen molar-refractivity contribution >= 4 is 11.9 Å². The van der Waals surface area contributed by atoms with Gasteiger partial charge < -0.3 is 19.6 Å². The number of likely N-dealkylation sites (tertiary alicyclic amines) is 1. The van der Waals surface area contributed by atoms with Crippen molar-refractivity contribution in [2.45, 2.75) is 52.4 Å². The van der Waals surface area contributed by atoms with Crippen LogP contribution in [0.15, 0.2) is 48.5 Å². The maximum atomic E-state index is 13.5. The third kappa shape index (κ3) is 9.02. The van der Waals surface area contributed by atoms with Gasteiger partial charge in [0.15, 0.2) is 12.0 Å². The van der Waals surface area contributed by atoms with Crippen LogP contribution in [0.4, 0.5) is 14.7 Å². The number of alkyl halides is 1. The Kier molecular flexibility index (Phi) is 10.8. The summed E-state index contributed by atoms with van der Waals surface area (Å²) in [7, 11) is 4.11.